The predicted molar refractivity (Wildman–Crippen MR) is 101 cm³/mol. The number of anilines is 1. The van der Waals surface area contributed by atoms with Crippen LogP contribution in [0.25, 0.3) is 0 Å². The van der Waals surface area contributed by atoms with E-state index in [2.05, 4.69) is 0 Å². The molecule has 162 valence electrons. The minimum atomic E-state index is -1.62. The van der Waals surface area contributed by atoms with Crippen LogP contribution in [0.2, 0.25) is 0 Å². The number of hydrogen-bond acceptors (Lipinski definition) is 9. The minimum absolute atomic E-state index is 0.0529. The lowest BCUT2D eigenvalue weighted by molar-refractivity contribution is -0.231. The average Bonchev–Trinajstić information content (AvgIpc) is 3.40. The molecule has 31 heavy (non-hydrogen) atoms. The van der Waals surface area contributed by atoms with Gasteiger partial charge < -0.3 is 23.7 Å². The molecule has 0 N–H and O–H groups in total. The maximum Gasteiger partial charge on any atom is 0.305 e. The average molecular weight is 429 g/mol. The molecule has 0 spiro atoms. The van der Waals surface area contributed by atoms with Gasteiger partial charge in [-0.3, -0.25) is 19.2 Å². The lowest BCUT2D eigenvalue weighted by Gasteiger charge is -2.34. The van der Waals surface area contributed by atoms with E-state index in [1.807, 2.05) is 0 Å². The van der Waals surface area contributed by atoms with Gasteiger partial charge in [0.05, 0.1) is 23.1 Å². The van der Waals surface area contributed by atoms with Crippen LogP contribution in [0.4, 0.5) is 5.69 Å². The van der Waals surface area contributed by atoms with Crippen LogP contribution in [0.3, 0.4) is 0 Å². The third kappa shape index (κ3) is 2.61. The molecule has 1 aromatic carbocycles. The first-order valence-electron chi connectivity index (χ1n) is 9.69. The lowest BCUT2D eigenvalue weighted by atomic mass is 9.72. The molecular weight excluding hydrogens is 410 g/mol. The van der Waals surface area contributed by atoms with Crippen LogP contribution >= 0.6 is 0 Å². The molecule has 4 atom stereocenters. The van der Waals surface area contributed by atoms with Gasteiger partial charge in [-0.05, 0) is 25.1 Å². The van der Waals surface area contributed by atoms with Gasteiger partial charge in [-0.15, -0.1) is 0 Å². The van der Waals surface area contributed by atoms with E-state index in [4.69, 9.17) is 23.7 Å². The van der Waals surface area contributed by atoms with Gasteiger partial charge in [0.15, 0.2) is 17.1 Å². The van der Waals surface area contributed by atoms with Crippen LogP contribution in [-0.4, -0.2) is 48.0 Å². The highest BCUT2D eigenvalue weighted by atomic mass is 16.7. The second kappa shape index (κ2) is 6.30. The highest BCUT2D eigenvalue weighted by molar-refractivity contribution is 6.23. The van der Waals surface area contributed by atoms with Crippen molar-refractivity contribution < 1.29 is 42.9 Å². The second-order valence-corrected chi connectivity index (χ2v) is 8.03. The molecular formula is C21H19NO9. The van der Waals surface area contributed by atoms with Crippen molar-refractivity contribution in [2.75, 3.05) is 11.7 Å². The molecule has 0 aromatic heterocycles. The molecule has 0 radical (unpaired) electrons. The molecule has 4 aliphatic rings. The van der Waals surface area contributed by atoms with Gasteiger partial charge in [-0.1, -0.05) is 6.08 Å². The Hall–Kier alpha value is -3.40. The van der Waals surface area contributed by atoms with Crippen molar-refractivity contribution in [2.45, 2.75) is 38.3 Å². The zero-order valence-corrected chi connectivity index (χ0v) is 16.9. The quantitative estimate of drug-likeness (QED) is 0.300. The Balaban J connectivity index is 1.57. The highest BCUT2D eigenvalue weighted by Crippen LogP contribution is 2.59. The Morgan fingerprint density at radius 3 is 2.35 bits per heavy atom. The van der Waals surface area contributed by atoms with Crippen molar-refractivity contribution in [1.29, 1.82) is 0 Å². The van der Waals surface area contributed by atoms with E-state index in [1.54, 1.807) is 37.3 Å². The molecule has 2 saturated heterocycles. The van der Waals surface area contributed by atoms with Crippen LogP contribution in [0.5, 0.6) is 11.5 Å². The van der Waals surface area contributed by atoms with E-state index in [9.17, 15) is 19.2 Å². The standard InChI is InChI=1S/C21H19NO9/c1-10(23)29-19(30-11(2)24)21-7-6-20(3,31-21)15-16(21)18(26)22(17(15)25)12-4-5-13-14(8-12)28-9-27-13/h4-8,15-16,19H,9H2,1-3H3/t15-,16+,20-,21+/m1/s1. The first kappa shape index (κ1) is 19.6. The van der Waals surface area contributed by atoms with Gasteiger partial charge in [-0.25, -0.2) is 4.90 Å². The maximum absolute atomic E-state index is 13.5. The summed E-state index contributed by atoms with van der Waals surface area (Å²) in [6.07, 6.45) is 1.66. The summed E-state index contributed by atoms with van der Waals surface area (Å²) in [7, 11) is 0. The van der Waals surface area contributed by atoms with Crippen LogP contribution < -0.4 is 14.4 Å². The van der Waals surface area contributed by atoms with E-state index in [0.717, 1.165) is 18.7 Å². The van der Waals surface area contributed by atoms with Crippen molar-refractivity contribution in [3.8, 4) is 11.5 Å². The molecule has 1 aromatic rings. The molecule has 2 fully saturated rings. The van der Waals surface area contributed by atoms with Crippen LogP contribution in [-0.2, 0) is 33.4 Å². The SMILES string of the molecule is CC(=O)OC(OC(C)=O)[C@@]12C=C[C@@](C)(O1)[C@H]1C(=O)N(c3ccc4c(c3)OCO4)C(=O)[C@H]12. The number of ether oxygens (including phenoxy) is 5. The van der Waals surface area contributed by atoms with E-state index in [0.29, 0.717) is 17.2 Å². The molecule has 10 heteroatoms. The van der Waals surface area contributed by atoms with Gasteiger partial charge in [-0.2, -0.15) is 0 Å². The number of benzene rings is 1. The Labute approximate surface area is 176 Å². The van der Waals surface area contributed by atoms with Crippen LogP contribution in [0, 0.1) is 11.8 Å². The first-order valence-corrected chi connectivity index (χ1v) is 9.69. The second-order valence-electron chi connectivity index (χ2n) is 8.03. The van der Waals surface area contributed by atoms with E-state index >= 15 is 0 Å². The summed E-state index contributed by atoms with van der Waals surface area (Å²) in [6.45, 7) is 4.02. The molecule has 0 unspecified atom stereocenters. The molecule has 4 heterocycles. The normalized spacial score (nSPS) is 32.1. The van der Waals surface area contributed by atoms with Gasteiger partial charge in [0.25, 0.3) is 6.29 Å². The molecule has 2 amide bonds. The Morgan fingerprint density at radius 2 is 1.68 bits per heavy atom. The van der Waals surface area contributed by atoms with Gasteiger partial charge >= 0.3 is 11.9 Å². The Bertz CT molecular complexity index is 1050. The molecule has 10 nitrogen and oxygen atoms in total. The summed E-state index contributed by atoms with van der Waals surface area (Å²) in [5.41, 5.74) is -2.43. The Kier molecular flexibility index (Phi) is 3.97. The number of hydrogen-bond donors (Lipinski definition) is 0. The number of esters is 2. The van der Waals surface area contributed by atoms with E-state index < -0.39 is 53.1 Å². The topological polar surface area (TPSA) is 118 Å². The number of rotatable bonds is 4. The summed E-state index contributed by atoms with van der Waals surface area (Å²) in [5, 5.41) is 0. The molecule has 0 aliphatic carbocycles. The third-order valence-electron chi connectivity index (χ3n) is 6.01. The fourth-order valence-corrected chi connectivity index (χ4v) is 4.84. The molecule has 2 bridgehead atoms. The van der Waals surface area contributed by atoms with Crippen molar-refractivity contribution in [2.24, 2.45) is 11.8 Å². The monoisotopic (exact) mass is 429 g/mol. The van der Waals surface area contributed by atoms with Gasteiger partial charge in [0.1, 0.15) is 0 Å². The smallest absolute Gasteiger partial charge is 0.305 e. The molecule has 0 saturated carbocycles. The zero-order valence-electron chi connectivity index (χ0n) is 16.9. The van der Waals surface area contributed by atoms with Gasteiger partial charge in [0.2, 0.25) is 18.6 Å². The van der Waals surface area contributed by atoms with Crippen LogP contribution in [0.15, 0.2) is 30.4 Å². The van der Waals surface area contributed by atoms with Crippen molar-refractivity contribution in [1.82, 2.24) is 0 Å². The number of nitrogens with zero attached hydrogens (tertiary/aromatic N) is 1. The third-order valence-corrected chi connectivity index (χ3v) is 6.01. The predicted octanol–water partition coefficient (Wildman–Crippen LogP) is 1.07. The number of imide groups is 1. The Morgan fingerprint density at radius 1 is 1.03 bits per heavy atom. The summed E-state index contributed by atoms with van der Waals surface area (Å²) in [4.78, 5) is 51.4. The number of fused-ring (bicyclic) bond motifs is 6. The van der Waals surface area contributed by atoms with Crippen molar-refractivity contribution in [3.05, 3.63) is 30.4 Å². The number of amides is 2. The highest BCUT2D eigenvalue weighted by Gasteiger charge is 2.76. The molecule has 4 aliphatic heterocycles. The lowest BCUT2D eigenvalue weighted by Crippen LogP contribution is -2.52. The molecule has 5 rings (SSSR count). The maximum atomic E-state index is 13.5. The number of carbonyl (C=O) groups is 4. The summed E-state index contributed by atoms with van der Waals surface area (Å²) < 4.78 is 27.2. The fourth-order valence-electron chi connectivity index (χ4n) is 4.84. The van der Waals surface area contributed by atoms with Crippen molar-refractivity contribution in [3.63, 3.8) is 0 Å². The van der Waals surface area contributed by atoms with E-state index in [1.165, 1.54) is 0 Å². The minimum Gasteiger partial charge on any atom is -0.454 e. The zero-order chi connectivity index (χ0) is 22.1. The van der Waals surface area contributed by atoms with E-state index in [-0.39, 0.29) is 6.79 Å². The summed E-state index contributed by atoms with van der Waals surface area (Å²) >= 11 is 0. The van der Waals surface area contributed by atoms with Crippen molar-refractivity contribution >= 4 is 29.4 Å². The van der Waals surface area contributed by atoms with Gasteiger partial charge in [0, 0.05) is 19.9 Å². The fraction of sp³-hybridized carbons (Fsp3) is 0.429. The summed E-state index contributed by atoms with van der Waals surface area (Å²) in [5.74, 6) is -3.46. The van der Waals surface area contributed by atoms with Crippen LogP contribution in [0.1, 0.15) is 20.8 Å². The first-order chi connectivity index (χ1) is 14.7. The largest absolute Gasteiger partial charge is 0.454 e. The number of carbonyl (C=O) groups excluding carboxylic acids is 4. The summed E-state index contributed by atoms with van der Waals surface area (Å²) in [6, 6.07) is 4.76.